The number of amides is 1. The molecule has 1 aromatic carbocycles. The highest BCUT2D eigenvalue weighted by Gasteiger charge is 2.25. The standard InChI is InChI=1S/C19H22FN3O/c1-5-23(6-2)18-11(3)17(21-12(18)4)10-15-14-9-13(20)7-8-16(14)22-19(15)24/h7-10,21H,5-6H2,1-4H3,(H,22,24). The number of anilines is 2. The smallest absolute Gasteiger partial charge is 0.256 e. The zero-order chi connectivity index (χ0) is 17.4. The molecule has 0 radical (unpaired) electrons. The first kappa shape index (κ1) is 16.3. The molecule has 0 atom stereocenters. The summed E-state index contributed by atoms with van der Waals surface area (Å²) in [5.41, 5.74) is 5.97. The molecule has 5 heteroatoms. The molecule has 2 heterocycles. The Kier molecular flexibility index (Phi) is 4.18. The van der Waals surface area contributed by atoms with Crippen LogP contribution < -0.4 is 10.2 Å². The van der Waals surface area contributed by atoms with Gasteiger partial charge in [0, 0.05) is 35.7 Å². The molecule has 0 saturated carbocycles. The normalized spacial score (nSPS) is 14.9. The van der Waals surface area contributed by atoms with E-state index in [9.17, 15) is 9.18 Å². The summed E-state index contributed by atoms with van der Waals surface area (Å²) in [7, 11) is 0. The van der Waals surface area contributed by atoms with Crippen molar-refractivity contribution < 1.29 is 9.18 Å². The van der Waals surface area contributed by atoms with Crippen LogP contribution in [0.2, 0.25) is 0 Å². The molecule has 0 fully saturated rings. The number of hydrogen-bond acceptors (Lipinski definition) is 2. The van der Waals surface area contributed by atoms with Crippen LogP contribution in [0.15, 0.2) is 18.2 Å². The van der Waals surface area contributed by atoms with Crippen molar-refractivity contribution in [3.63, 3.8) is 0 Å². The summed E-state index contributed by atoms with van der Waals surface area (Å²) in [5.74, 6) is -0.550. The molecule has 3 rings (SSSR count). The lowest BCUT2D eigenvalue weighted by molar-refractivity contribution is -0.110. The number of nitrogens with one attached hydrogen (secondary N) is 2. The molecule has 0 bridgehead atoms. The summed E-state index contributed by atoms with van der Waals surface area (Å²) >= 11 is 0. The van der Waals surface area contributed by atoms with Crippen molar-refractivity contribution in [2.24, 2.45) is 0 Å². The fraction of sp³-hybridized carbons (Fsp3) is 0.316. The number of rotatable bonds is 4. The van der Waals surface area contributed by atoms with Gasteiger partial charge in [0.05, 0.1) is 11.3 Å². The van der Waals surface area contributed by atoms with Crippen LogP contribution >= 0.6 is 0 Å². The summed E-state index contributed by atoms with van der Waals surface area (Å²) in [6.45, 7) is 10.2. The number of hydrogen-bond donors (Lipinski definition) is 2. The number of fused-ring (bicyclic) bond motifs is 1. The Balaban J connectivity index is 2.09. The highest BCUT2D eigenvalue weighted by Crippen LogP contribution is 2.35. The van der Waals surface area contributed by atoms with E-state index in [1.54, 1.807) is 6.07 Å². The second-order valence-electron chi connectivity index (χ2n) is 6.01. The van der Waals surface area contributed by atoms with Crippen LogP contribution in [0.3, 0.4) is 0 Å². The van der Waals surface area contributed by atoms with E-state index in [1.165, 1.54) is 17.8 Å². The third kappa shape index (κ3) is 2.60. The lowest BCUT2D eigenvalue weighted by atomic mass is 10.0. The summed E-state index contributed by atoms with van der Waals surface area (Å²) in [6, 6.07) is 4.34. The van der Waals surface area contributed by atoms with E-state index in [-0.39, 0.29) is 11.7 Å². The van der Waals surface area contributed by atoms with E-state index in [4.69, 9.17) is 0 Å². The van der Waals surface area contributed by atoms with Gasteiger partial charge in [-0.15, -0.1) is 0 Å². The van der Waals surface area contributed by atoms with E-state index in [0.29, 0.717) is 16.8 Å². The molecule has 1 amide bonds. The zero-order valence-electron chi connectivity index (χ0n) is 14.5. The Morgan fingerprint density at radius 1 is 1.21 bits per heavy atom. The van der Waals surface area contributed by atoms with Crippen LogP contribution in [0.25, 0.3) is 11.6 Å². The Hall–Kier alpha value is -2.56. The number of nitrogens with zero attached hydrogens (tertiary/aromatic N) is 1. The first-order valence-electron chi connectivity index (χ1n) is 8.23. The number of H-pyrrole nitrogens is 1. The topological polar surface area (TPSA) is 48.1 Å². The fourth-order valence-electron chi connectivity index (χ4n) is 3.37. The van der Waals surface area contributed by atoms with Gasteiger partial charge in [-0.25, -0.2) is 4.39 Å². The van der Waals surface area contributed by atoms with Gasteiger partial charge in [-0.1, -0.05) is 0 Å². The van der Waals surface area contributed by atoms with E-state index < -0.39 is 0 Å². The predicted octanol–water partition coefficient (Wildman–Crippen LogP) is 4.11. The zero-order valence-corrected chi connectivity index (χ0v) is 14.5. The number of carbonyl (C=O) groups is 1. The molecule has 1 aliphatic rings. The minimum atomic E-state index is -0.348. The summed E-state index contributed by atoms with van der Waals surface area (Å²) in [4.78, 5) is 17.9. The van der Waals surface area contributed by atoms with Crippen molar-refractivity contribution in [2.75, 3.05) is 23.3 Å². The first-order valence-corrected chi connectivity index (χ1v) is 8.23. The summed E-state index contributed by atoms with van der Waals surface area (Å²) < 4.78 is 13.6. The Bertz CT molecular complexity index is 831. The SMILES string of the molecule is CCN(CC)c1c(C)[nH]c(C=C2C(=O)Nc3ccc(F)cc32)c1C. The molecule has 1 aliphatic heterocycles. The van der Waals surface area contributed by atoms with Crippen LogP contribution in [-0.4, -0.2) is 24.0 Å². The minimum Gasteiger partial charge on any atom is -0.370 e. The van der Waals surface area contributed by atoms with Gasteiger partial charge in [0.15, 0.2) is 0 Å². The van der Waals surface area contributed by atoms with Crippen LogP contribution in [0.4, 0.5) is 15.8 Å². The second-order valence-corrected chi connectivity index (χ2v) is 6.01. The average Bonchev–Trinajstić information content (AvgIpc) is 3.00. The van der Waals surface area contributed by atoms with Crippen molar-refractivity contribution in [3.8, 4) is 0 Å². The van der Waals surface area contributed by atoms with Crippen LogP contribution in [-0.2, 0) is 4.79 Å². The highest BCUT2D eigenvalue weighted by molar-refractivity contribution is 6.34. The van der Waals surface area contributed by atoms with E-state index >= 15 is 0 Å². The van der Waals surface area contributed by atoms with Gasteiger partial charge in [0.2, 0.25) is 0 Å². The molecule has 126 valence electrons. The maximum absolute atomic E-state index is 13.6. The van der Waals surface area contributed by atoms with Gasteiger partial charge in [-0.05, 0) is 57.5 Å². The largest absolute Gasteiger partial charge is 0.370 e. The Morgan fingerprint density at radius 3 is 2.58 bits per heavy atom. The highest BCUT2D eigenvalue weighted by atomic mass is 19.1. The number of benzene rings is 1. The molecule has 0 unspecified atom stereocenters. The molecular weight excluding hydrogens is 305 g/mol. The maximum Gasteiger partial charge on any atom is 0.256 e. The Labute approximate surface area is 141 Å². The van der Waals surface area contributed by atoms with Crippen molar-refractivity contribution in [2.45, 2.75) is 27.7 Å². The third-order valence-electron chi connectivity index (χ3n) is 4.57. The maximum atomic E-state index is 13.6. The number of aromatic amines is 1. The van der Waals surface area contributed by atoms with Crippen molar-refractivity contribution in [1.82, 2.24) is 4.98 Å². The lowest BCUT2D eigenvalue weighted by Gasteiger charge is -2.21. The van der Waals surface area contributed by atoms with Crippen molar-refractivity contribution >= 4 is 28.9 Å². The van der Waals surface area contributed by atoms with E-state index in [1.807, 2.05) is 19.9 Å². The third-order valence-corrected chi connectivity index (χ3v) is 4.57. The fourth-order valence-corrected chi connectivity index (χ4v) is 3.37. The first-order chi connectivity index (χ1) is 11.5. The number of carbonyl (C=O) groups excluding carboxylic acids is 1. The number of aromatic nitrogens is 1. The van der Waals surface area contributed by atoms with Crippen molar-refractivity contribution in [3.05, 3.63) is 46.5 Å². The molecular formula is C19H22FN3O. The minimum absolute atomic E-state index is 0.202. The Morgan fingerprint density at radius 2 is 1.92 bits per heavy atom. The number of aryl methyl sites for hydroxylation is 1. The van der Waals surface area contributed by atoms with E-state index in [2.05, 4.69) is 29.0 Å². The molecule has 0 aliphatic carbocycles. The van der Waals surface area contributed by atoms with Gasteiger partial charge in [0.1, 0.15) is 5.82 Å². The van der Waals surface area contributed by atoms with Crippen molar-refractivity contribution in [1.29, 1.82) is 0 Å². The van der Waals surface area contributed by atoms with Crippen LogP contribution in [0.5, 0.6) is 0 Å². The molecule has 4 nitrogen and oxygen atoms in total. The van der Waals surface area contributed by atoms with Gasteiger partial charge in [-0.2, -0.15) is 0 Å². The summed E-state index contributed by atoms with van der Waals surface area (Å²) in [5, 5.41) is 2.78. The van der Waals surface area contributed by atoms with Crippen LogP contribution in [0.1, 0.15) is 36.4 Å². The predicted molar refractivity (Wildman–Crippen MR) is 96.7 cm³/mol. The monoisotopic (exact) mass is 327 g/mol. The average molecular weight is 327 g/mol. The van der Waals surface area contributed by atoms with Crippen LogP contribution in [0, 0.1) is 19.7 Å². The summed E-state index contributed by atoms with van der Waals surface area (Å²) in [6.07, 6.45) is 1.82. The van der Waals surface area contributed by atoms with Gasteiger partial charge < -0.3 is 15.2 Å². The molecule has 2 N–H and O–H groups in total. The second kappa shape index (κ2) is 6.15. The van der Waals surface area contributed by atoms with Gasteiger partial charge in [-0.3, -0.25) is 4.79 Å². The quantitative estimate of drug-likeness (QED) is 0.830. The van der Waals surface area contributed by atoms with Gasteiger partial charge >= 0.3 is 0 Å². The number of halogens is 1. The van der Waals surface area contributed by atoms with E-state index in [0.717, 1.165) is 30.0 Å². The van der Waals surface area contributed by atoms with Gasteiger partial charge in [0.25, 0.3) is 5.91 Å². The molecule has 24 heavy (non-hydrogen) atoms. The molecule has 0 saturated heterocycles. The lowest BCUT2D eigenvalue weighted by Crippen LogP contribution is -2.22. The molecule has 2 aromatic rings. The molecule has 0 spiro atoms. The molecule has 1 aromatic heterocycles.